The van der Waals surface area contributed by atoms with Crippen molar-refractivity contribution >= 4 is 26.8 Å². The molecular weight excluding hydrogens is 238 g/mol. The van der Waals surface area contributed by atoms with Crippen molar-refractivity contribution in [2.75, 3.05) is 0 Å². The number of benzene rings is 1. The number of hydrogen-bond acceptors (Lipinski definition) is 0. The number of aryl methyl sites for hydroxylation is 1. The molecule has 1 unspecified atom stereocenters. The maximum atomic E-state index is 3.59. The first-order valence-corrected chi connectivity index (χ1v) is 5.85. The number of nitrogens with one attached hydrogen (secondary N) is 1. The van der Waals surface area contributed by atoms with E-state index in [1.165, 1.54) is 39.5 Å². The Hall–Kier alpha value is -0.760. The van der Waals surface area contributed by atoms with E-state index in [1.807, 2.05) is 0 Å². The Morgan fingerprint density at radius 3 is 3.14 bits per heavy atom. The van der Waals surface area contributed by atoms with Crippen molar-refractivity contribution in [2.45, 2.75) is 25.7 Å². The number of fused-ring (bicyclic) bond motifs is 3. The van der Waals surface area contributed by atoms with Crippen LogP contribution in [-0.4, -0.2) is 4.98 Å². The number of aromatic amines is 1. The minimum Gasteiger partial charge on any atom is -0.357 e. The average Bonchev–Trinajstić information content (AvgIpc) is 2.69. The van der Waals surface area contributed by atoms with E-state index in [0.29, 0.717) is 5.92 Å². The van der Waals surface area contributed by atoms with Crippen LogP contribution in [0.5, 0.6) is 0 Å². The summed E-state index contributed by atoms with van der Waals surface area (Å²) in [7, 11) is 0. The number of H-pyrrole nitrogens is 1. The molecular formula is C12H12BrN. The summed E-state index contributed by atoms with van der Waals surface area (Å²) in [4.78, 5) is 3.55. The highest BCUT2D eigenvalue weighted by Gasteiger charge is 2.23. The van der Waals surface area contributed by atoms with Gasteiger partial charge >= 0.3 is 0 Å². The molecule has 3 rings (SSSR count). The fourth-order valence-corrected chi connectivity index (χ4v) is 2.92. The normalized spacial score (nSPS) is 20.3. The summed E-state index contributed by atoms with van der Waals surface area (Å²) in [5.74, 6) is 0.698. The van der Waals surface area contributed by atoms with Gasteiger partial charge in [0.1, 0.15) is 0 Å². The quantitative estimate of drug-likeness (QED) is 0.727. The van der Waals surface area contributed by atoms with Gasteiger partial charge in [0.2, 0.25) is 0 Å². The summed E-state index contributed by atoms with van der Waals surface area (Å²) in [5, 5.41) is 1.40. The molecule has 0 radical (unpaired) electrons. The van der Waals surface area contributed by atoms with Gasteiger partial charge in [-0.15, -0.1) is 0 Å². The van der Waals surface area contributed by atoms with Gasteiger partial charge in [-0.3, -0.25) is 0 Å². The molecule has 2 heteroatoms. The molecule has 1 atom stereocenters. The second kappa shape index (κ2) is 2.86. The standard InChI is InChI=1S/C12H12BrN/c1-7-5-6-9-8-3-2-4-10(13)12(8)14-11(7)9/h2-4,7,14H,5-6H2,1H3. The number of hydrogen-bond donors (Lipinski definition) is 1. The molecule has 1 aromatic heterocycles. The smallest absolute Gasteiger partial charge is 0.0603 e. The van der Waals surface area contributed by atoms with Gasteiger partial charge in [0.05, 0.1) is 5.52 Å². The molecule has 1 aliphatic carbocycles. The van der Waals surface area contributed by atoms with E-state index in [1.54, 1.807) is 0 Å². The Morgan fingerprint density at radius 2 is 2.29 bits per heavy atom. The van der Waals surface area contributed by atoms with Crippen LogP contribution in [0.25, 0.3) is 10.9 Å². The predicted molar refractivity (Wildman–Crippen MR) is 62.7 cm³/mol. The summed E-state index contributed by atoms with van der Waals surface area (Å²) in [6, 6.07) is 6.43. The number of para-hydroxylation sites is 1. The number of halogens is 1. The van der Waals surface area contributed by atoms with Crippen molar-refractivity contribution in [2.24, 2.45) is 0 Å². The highest BCUT2D eigenvalue weighted by molar-refractivity contribution is 9.10. The van der Waals surface area contributed by atoms with Crippen molar-refractivity contribution in [3.8, 4) is 0 Å². The molecule has 0 fully saturated rings. The highest BCUT2D eigenvalue weighted by Crippen LogP contribution is 2.38. The first-order valence-electron chi connectivity index (χ1n) is 5.06. The first-order chi connectivity index (χ1) is 6.77. The molecule has 2 aromatic rings. The number of aromatic nitrogens is 1. The molecule has 1 N–H and O–H groups in total. The van der Waals surface area contributed by atoms with Crippen LogP contribution in [0.15, 0.2) is 22.7 Å². The van der Waals surface area contributed by atoms with Crippen LogP contribution < -0.4 is 0 Å². The minimum atomic E-state index is 0.698. The van der Waals surface area contributed by atoms with E-state index in [4.69, 9.17) is 0 Å². The molecule has 0 bridgehead atoms. The fraction of sp³-hybridized carbons (Fsp3) is 0.333. The number of rotatable bonds is 0. The molecule has 0 aliphatic heterocycles. The average molecular weight is 250 g/mol. The molecule has 1 aliphatic rings. The fourth-order valence-electron chi connectivity index (χ4n) is 2.45. The Bertz CT molecular complexity index is 498. The van der Waals surface area contributed by atoms with Crippen molar-refractivity contribution in [1.29, 1.82) is 0 Å². The Labute approximate surface area is 91.6 Å². The van der Waals surface area contributed by atoms with E-state index in [0.717, 1.165) is 0 Å². The molecule has 1 heterocycles. The van der Waals surface area contributed by atoms with Crippen LogP contribution in [0.1, 0.15) is 30.5 Å². The Kier molecular flexibility index (Phi) is 1.75. The lowest BCUT2D eigenvalue weighted by Crippen LogP contribution is -1.85. The Balaban J connectivity index is 2.40. The van der Waals surface area contributed by atoms with Gasteiger partial charge in [0.15, 0.2) is 0 Å². The zero-order valence-electron chi connectivity index (χ0n) is 8.10. The second-order valence-electron chi connectivity index (χ2n) is 4.12. The molecule has 0 saturated heterocycles. The third-order valence-corrected chi connectivity index (χ3v) is 3.90. The van der Waals surface area contributed by atoms with Crippen LogP contribution in [0.4, 0.5) is 0 Å². The highest BCUT2D eigenvalue weighted by atomic mass is 79.9. The van der Waals surface area contributed by atoms with Crippen molar-refractivity contribution in [3.63, 3.8) is 0 Å². The van der Waals surface area contributed by atoms with Gasteiger partial charge in [0, 0.05) is 15.6 Å². The molecule has 72 valence electrons. The van der Waals surface area contributed by atoms with Crippen molar-refractivity contribution in [3.05, 3.63) is 33.9 Å². The molecule has 14 heavy (non-hydrogen) atoms. The third-order valence-electron chi connectivity index (χ3n) is 3.24. The van der Waals surface area contributed by atoms with E-state index >= 15 is 0 Å². The minimum absolute atomic E-state index is 0.698. The lowest BCUT2D eigenvalue weighted by molar-refractivity contribution is 0.732. The van der Waals surface area contributed by atoms with Gasteiger partial charge < -0.3 is 4.98 Å². The molecule has 1 aromatic carbocycles. The van der Waals surface area contributed by atoms with Crippen LogP contribution in [0.3, 0.4) is 0 Å². The summed E-state index contributed by atoms with van der Waals surface area (Å²) >= 11 is 3.59. The maximum Gasteiger partial charge on any atom is 0.0603 e. The Morgan fingerprint density at radius 1 is 1.43 bits per heavy atom. The van der Waals surface area contributed by atoms with Crippen LogP contribution in [-0.2, 0) is 6.42 Å². The van der Waals surface area contributed by atoms with Gasteiger partial charge in [-0.25, -0.2) is 0 Å². The topological polar surface area (TPSA) is 15.8 Å². The van der Waals surface area contributed by atoms with Gasteiger partial charge in [-0.2, -0.15) is 0 Å². The molecule has 1 nitrogen and oxygen atoms in total. The van der Waals surface area contributed by atoms with E-state index in [9.17, 15) is 0 Å². The van der Waals surface area contributed by atoms with E-state index < -0.39 is 0 Å². The van der Waals surface area contributed by atoms with Crippen LogP contribution in [0, 0.1) is 0 Å². The molecule has 0 saturated carbocycles. The summed E-state index contributed by atoms with van der Waals surface area (Å²) in [6.07, 6.45) is 2.52. The predicted octanol–water partition coefficient (Wildman–Crippen LogP) is 3.98. The third kappa shape index (κ3) is 1.01. The van der Waals surface area contributed by atoms with Crippen molar-refractivity contribution < 1.29 is 0 Å². The van der Waals surface area contributed by atoms with E-state index in [2.05, 4.69) is 46.0 Å². The maximum absolute atomic E-state index is 3.59. The second-order valence-corrected chi connectivity index (χ2v) is 4.97. The summed E-state index contributed by atoms with van der Waals surface area (Å²) < 4.78 is 1.18. The zero-order chi connectivity index (χ0) is 9.71. The van der Waals surface area contributed by atoms with E-state index in [-0.39, 0.29) is 0 Å². The van der Waals surface area contributed by atoms with Gasteiger partial charge in [-0.1, -0.05) is 19.1 Å². The van der Waals surface area contributed by atoms with Gasteiger partial charge in [-0.05, 0) is 46.3 Å². The zero-order valence-corrected chi connectivity index (χ0v) is 9.69. The SMILES string of the molecule is CC1CCc2c1[nH]c1c(Br)cccc21. The lowest BCUT2D eigenvalue weighted by atomic mass is 10.1. The summed E-state index contributed by atoms with van der Waals surface area (Å²) in [6.45, 7) is 2.30. The summed E-state index contributed by atoms with van der Waals surface area (Å²) in [5.41, 5.74) is 4.25. The van der Waals surface area contributed by atoms with Crippen molar-refractivity contribution in [1.82, 2.24) is 4.98 Å². The first kappa shape index (κ1) is 8.54. The molecule has 0 spiro atoms. The largest absolute Gasteiger partial charge is 0.357 e. The van der Waals surface area contributed by atoms with Crippen LogP contribution >= 0.6 is 15.9 Å². The monoisotopic (exact) mass is 249 g/mol. The molecule has 0 amide bonds. The van der Waals surface area contributed by atoms with Gasteiger partial charge in [0.25, 0.3) is 0 Å². The lowest BCUT2D eigenvalue weighted by Gasteiger charge is -1.99. The van der Waals surface area contributed by atoms with Crippen LogP contribution in [0.2, 0.25) is 0 Å².